The van der Waals surface area contributed by atoms with Crippen molar-refractivity contribution in [3.05, 3.63) is 12.2 Å². The van der Waals surface area contributed by atoms with Crippen LogP contribution in [0, 0.1) is 11.8 Å². The fourth-order valence-corrected chi connectivity index (χ4v) is 4.69. The lowest BCUT2D eigenvalue weighted by atomic mass is 9.79. The molecule has 32 heavy (non-hydrogen) atoms. The number of carboxylic acids is 1. The van der Waals surface area contributed by atoms with E-state index < -0.39 is 17.8 Å². The highest BCUT2D eigenvalue weighted by molar-refractivity contribution is 5.81. The Morgan fingerprint density at radius 3 is 1.72 bits per heavy atom. The highest BCUT2D eigenvalue weighted by atomic mass is 16.5. The molecule has 0 amide bonds. The van der Waals surface area contributed by atoms with Crippen LogP contribution >= 0.6 is 0 Å². The van der Waals surface area contributed by atoms with E-state index >= 15 is 0 Å². The van der Waals surface area contributed by atoms with Crippen LogP contribution in [-0.4, -0.2) is 23.7 Å². The Labute approximate surface area is 197 Å². The molecule has 0 spiro atoms. The minimum atomic E-state index is -0.855. The number of unbranched alkanes of at least 4 members (excludes halogenated alkanes) is 14. The average Bonchev–Trinajstić information content (AvgIpc) is 2.80. The molecule has 0 aromatic heterocycles. The van der Waals surface area contributed by atoms with Gasteiger partial charge in [-0.2, -0.15) is 0 Å². The van der Waals surface area contributed by atoms with Gasteiger partial charge in [-0.1, -0.05) is 96.1 Å². The number of carbonyl (C=O) groups excluding carboxylic acids is 1. The SMILES string of the molecule is CCCCCCCCCCCCC/C=C/CCCCCOC(=O)C1CCCCC1C(=O)O. The first-order valence-corrected chi connectivity index (χ1v) is 13.7. The molecule has 186 valence electrons. The number of allylic oxidation sites excluding steroid dienone is 2. The monoisotopic (exact) mass is 450 g/mol. The molecular weight excluding hydrogens is 400 g/mol. The van der Waals surface area contributed by atoms with Crippen molar-refractivity contribution >= 4 is 11.9 Å². The molecule has 1 saturated carbocycles. The second kappa shape index (κ2) is 20.3. The summed E-state index contributed by atoms with van der Waals surface area (Å²) in [5.74, 6) is -2.16. The third-order valence-corrected chi connectivity index (χ3v) is 6.79. The lowest BCUT2D eigenvalue weighted by molar-refractivity contribution is -0.159. The van der Waals surface area contributed by atoms with E-state index in [0.29, 0.717) is 19.4 Å². The molecule has 4 heteroatoms. The van der Waals surface area contributed by atoms with Gasteiger partial charge < -0.3 is 9.84 Å². The minimum absolute atomic E-state index is 0.302. The summed E-state index contributed by atoms with van der Waals surface area (Å²) in [6.45, 7) is 2.69. The van der Waals surface area contributed by atoms with Crippen LogP contribution in [0.15, 0.2) is 12.2 Å². The smallest absolute Gasteiger partial charge is 0.309 e. The summed E-state index contributed by atoms with van der Waals surface area (Å²) in [6, 6.07) is 0. The number of esters is 1. The van der Waals surface area contributed by atoms with E-state index in [1.165, 1.54) is 77.0 Å². The molecule has 2 atom stereocenters. The van der Waals surface area contributed by atoms with Gasteiger partial charge in [0.15, 0.2) is 0 Å². The van der Waals surface area contributed by atoms with Gasteiger partial charge in [-0.05, 0) is 51.4 Å². The number of ether oxygens (including phenoxy) is 1. The summed E-state index contributed by atoms with van der Waals surface area (Å²) in [5.41, 5.74) is 0. The van der Waals surface area contributed by atoms with Crippen LogP contribution in [0.25, 0.3) is 0 Å². The van der Waals surface area contributed by atoms with Gasteiger partial charge in [0.2, 0.25) is 0 Å². The molecule has 0 heterocycles. The van der Waals surface area contributed by atoms with Crippen LogP contribution in [0.4, 0.5) is 0 Å². The number of carbonyl (C=O) groups is 2. The van der Waals surface area contributed by atoms with Crippen molar-refractivity contribution < 1.29 is 19.4 Å². The first-order chi connectivity index (χ1) is 15.7. The number of hydrogen-bond donors (Lipinski definition) is 1. The van der Waals surface area contributed by atoms with Crippen molar-refractivity contribution in [2.75, 3.05) is 6.61 Å². The normalized spacial score (nSPS) is 18.8. The number of carboxylic acid groups (broad SMARTS) is 1. The zero-order chi connectivity index (χ0) is 23.3. The number of rotatable bonds is 20. The van der Waals surface area contributed by atoms with Gasteiger partial charge in [0, 0.05) is 0 Å². The van der Waals surface area contributed by atoms with Crippen molar-refractivity contribution in [1.29, 1.82) is 0 Å². The Kier molecular flexibility index (Phi) is 18.2. The quantitative estimate of drug-likeness (QED) is 0.115. The van der Waals surface area contributed by atoms with Crippen LogP contribution in [0.1, 0.15) is 135 Å². The zero-order valence-electron chi connectivity index (χ0n) is 20.8. The largest absolute Gasteiger partial charge is 0.481 e. The molecule has 1 N–H and O–H groups in total. The molecule has 1 aliphatic rings. The third-order valence-electron chi connectivity index (χ3n) is 6.79. The van der Waals surface area contributed by atoms with Crippen LogP contribution in [-0.2, 0) is 14.3 Å². The first-order valence-electron chi connectivity index (χ1n) is 13.7. The molecule has 0 radical (unpaired) electrons. The van der Waals surface area contributed by atoms with Crippen molar-refractivity contribution in [3.63, 3.8) is 0 Å². The lowest BCUT2D eigenvalue weighted by Gasteiger charge is -2.26. The van der Waals surface area contributed by atoms with E-state index in [4.69, 9.17) is 4.74 Å². The first kappa shape index (κ1) is 28.7. The van der Waals surface area contributed by atoms with Crippen molar-refractivity contribution in [2.45, 2.75) is 135 Å². The Hall–Kier alpha value is -1.32. The zero-order valence-corrected chi connectivity index (χ0v) is 20.8. The lowest BCUT2D eigenvalue weighted by Crippen LogP contribution is -2.33. The maximum absolute atomic E-state index is 12.2. The molecule has 1 rings (SSSR count). The summed E-state index contributed by atoms with van der Waals surface area (Å²) in [6.07, 6.45) is 28.3. The van der Waals surface area contributed by atoms with E-state index in [-0.39, 0.29) is 5.97 Å². The van der Waals surface area contributed by atoms with E-state index in [1.807, 2.05) is 0 Å². The van der Waals surface area contributed by atoms with E-state index in [0.717, 1.165) is 38.5 Å². The van der Waals surface area contributed by atoms with Gasteiger partial charge in [-0.3, -0.25) is 9.59 Å². The highest BCUT2D eigenvalue weighted by Gasteiger charge is 2.36. The molecule has 0 bridgehead atoms. The van der Waals surface area contributed by atoms with Crippen molar-refractivity contribution in [1.82, 2.24) is 0 Å². The van der Waals surface area contributed by atoms with Gasteiger partial charge in [0.1, 0.15) is 0 Å². The Bertz CT molecular complexity index is 500. The van der Waals surface area contributed by atoms with E-state index in [9.17, 15) is 14.7 Å². The Balaban J connectivity index is 1.86. The number of aliphatic carboxylic acids is 1. The molecule has 4 nitrogen and oxygen atoms in total. The molecule has 0 aromatic rings. The molecule has 0 aromatic carbocycles. The standard InChI is InChI=1S/C28H50O4/c1-2-3-4-5-6-7-8-9-10-11-12-13-14-15-16-17-18-21-24-32-28(31)26-23-20-19-22-25(26)27(29)30/h14-15,25-26H,2-13,16-24H2,1H3,(H,29,30)/b15-14+. The Morgan fingerprint density at radius 1 is 0.719 bits per heavy atom. The van der Waals surface area contributed by atoms with Crippen LogP contribution in [0.5, 0.6) is 0 Å². The maximum atomic E-state index is 12.2. The van der Waals surface area contributed by atoms with Crippen LogP contribution in [0.2, 0.25) is 0 Å². The molecule has 1 aliphatic carbocycles. The van der Waals surface area contributed by atoms with Crippen molar-refractivity contribution in [2.24, 2.45) is 11.8 Å². The predicted molar refractivity (Wildman–Crippen MR) is 133 cm³/mol. The molecule has 0 saturated heterocycles. The minimum Gasteiger partial charge on any atom is -0.481 e. The highest BCUT2D eigenvalue weighted by Crippen LogP contribution is 2.31. The van der Waals surface area contributed by atoms with Crippen LogP contribution < -0.4 is 0 Å². The summed E-state index contributed by atoms with van der Waals surface area (Å²) in [4.78, 5) is 23.5. The molecule has 0 aliphatic heterocycles. The summed E-state index contributed by atoms with van der Waals surface area (Å²) in [7, 11) is 0. The van der Waals surface area contributed by atoms with Gasteiger partial charge in [-0.15, -0.1) is 0 Å². The van der Waals surface area contributed by atoms with Crippen LogP contribution in [0.3, 0.4) is 0 Å². The summed E-state index contributed by atoms with van der Waals surface area (Å²) >= 11 is 0. The Morgan fingerprint density at radius 2 is 1.19 bits per heavy atom. The fraction of sp³-hybridized carbons (Fsp3) is 0.857. The summed E-state index contributed by atoms with van der Waals surface area (Å²) < 4.78 is 5.37. The number of hydrogen-bond acceptors (Lipinski definition) is 3. The molecule has 1 fully saturated rings. The van der Waals surface area contributed by atoms with Gasteiger partial charge in [0.25, 0.3) is 0 Å². The van der Waals surface area contributed by atoms with Gasteiger partial charge >= 0.3 is 11.9 Å². The average molecular weight is 451 g/mol. The van der Waals surface area contributed by atoms with E-state index in [1.54, 1.807) is 0 Å². The maximum Gasteiger partial charge on any atom is 0.309 e. The predicted octanol–water partition coefficient (Wildman–Crippen LogP) is 8.24. The molecule has 2 unspecified atom stereocenters. The summed E-state index contributed by atoms with van der Waals surface area (Å²) in [5, 5.41) is 9.28. The topological polar surface area (TPSA) is 63.6 Å². The van der Waals surface area contributed by atoms with Gasteiger partial charge in [-0.25, -0.2) is 0 Å². The van der Waals surface area contributed by atoms with E-state index in [2.05, 4.69) is 19.1 Å². The molecular formula is C28H50O4. The second-order valence-electron chi connectivity index (χ2n) is 9.65. The van der Waals surface area contributed by atoms with Gasteiger partial charge in [0.05, 0.1) is 18.4 Å². The third kappa shape index (κ3) is 14.7. The fourth-order valence-electron chi connectivity index (χ4n) is 4.69. The van der Waals surface area contributed by atoms with Crippen molar-refractivity contribution in [3.8, 4) is 0 Å². The second-order valence-corrected chi connectivity index (χ2v) is 9.65.